The molecule has 0 saturated heterocycles. The Labute approximate surface area is 152 Å². The Morgan fingerprint density at radius 2 is 1.92 bits per heavy atom. The number of carbonyl (C=O) groups excluding carboxylic acids is 1. The fourth-order valence-corrected chi connectivity index (χ4v) is 3.47. The highest BCUT2D eigenvalue weighted by molar-refractivity contribution is 7.89. The second kappa shape index (κ2) is 7.39. The second-order valence-electron chi connectivity index (χ2n) is 6.20. The maximum Gasteiger partial charge on any atom is 0.238 e. The van der Waals surface area contributed by atoms with Crippen LogP contribution < -0.4 is 5.14 Å². The van der Waals surface area contributed by atoms with Crippen LogP contribution in [0.2, 0.25) is 0 Å². The number of aryl methyl sites for hydroxylation is 1. The van der Waals surface area contributed by atoms with Crippen molar-refractivity contribution >= 4 is 26.8 Å². The Kier molecular flexibility index (Phi) is 5.20. The van der Waals surface area contributed by atoms with Crippen LogP contribution in [0.1, 0.15) is 35.9 Å². The fourth-order valence-electron chi connectivity index (χ4n) is 2.91. The number of primary sulfonamides is 1. The van der Waals surface area contributed by atoms with Gasteiger partial charge in [-0.05, 0) is 30.7 Å². The van der Waals surface area contributed by atoms with Crippen molar-refractivity contribution in [2.24, 2.45) is 5.14 Å². The van der Waals surface area contributed by atoms with Gasteiger partial charge in [0.15, 0.2) is 5.78 Å². The number of fused-ring (bicyclic) bond motifs is 1. The number of hydrogen-bond acceptors (Lipinski definition) is 4. The number of ketones is 1. The number of nitrogens with zero attached hydrogens (tertiary/aromatic N) is 2. The molecule has 7 heteroatoms. The van der Waals surface area contributed by atoms with E-state index in [1.807, 2.05) is 28.8 Å². The molecule has 0 unspecified atom stereocenters. The minimum atomic E-state index is -3.85. The van der Waals surface area contributed by atoms with Gasteiger partial charge in [-0.3, -0.25) is 4.79 Å². The van der Waals surface area contributed by atoms with Crippen molar-refractivity contribution < 1.29 is 13.2 Å². The van der Waals surface area contributed by atoms with E-state index in [0.29, 0.717) is 5.56 Å². The third-order valence-corrected chi connectivity index (χ3v) is 5.18. The lowest BCUT2D eigenvalue weighted by Crippen LogP contribution is -2.16. The van der Waals surface area contributed by atoms with Gasteiger partial charge in [-0.25, -0.2) is 18.5 Å². The molecule has 0 atom stereocenters. The molecule has 0 aliphatic rings. The van der Waals surface area contributed by atoms with E-state index in [2.05, 4.69) is 11.9 Å². The molecule has 136 valence electrons. The molecule has 2 N–H and O–H groups in total. The predicted octanol–water partition coefficient (Wildman–Crippen LogP) is 2.91. The van der Waals surface area contributed by atoms with Crippen LogP contribution in [0.15, 0.2) is 53.4 Å². The van der Waals surface area contributed by atoms with Gasteiger partial charge in [0.2, 0.25) is 10.0 Å². The molecule has 0 bridgehead atoms. The highest BCUT2D eigenvalue weighted by Gasteiger charge is 2.16. The first-order valence-electron chi connectivity index (χ1n) is 8.50. The van der Waals surface area contributed by atoms with E-state index in [0.717, 1.165) is 36.1 Å². The number of Topliss-reactive ketones (excluding diaryl/α,β-unsaturated/α-hetero) is 1. The first-order valence-corrected chi connectivity index (χ1v) is 10.0. The average molecular weight is 371 g/mol. The summed E-state index contributed by atoms with van der Waals surface area (Å²) in [7, 11) is -3.85. The van der Waals surface area contributed by atoms with Gasteiger partial charge in [0.1, 0.15) is 5.82 Å². The van der Waals surface area contributed by atoms with Crippen molar-refractivity contribution in [3.05, 3.63) is 59.9 Å². The van der Waals surface area contributed by atoms with Gasteiger partial charge in [-0.2, -0.15) is 0 Å². The van der Waals surface area contributed by atoms with Gasteiger partial charge >= 0.3 is 0 Å². The van der Waals surface area contributed by atoms with Gasteiger partial charge in [-0.15, -0.1) is 0 Å². The van der Waals surface area contributed by atoms with Gasteiger partial charge < -0.3 is 4.57 Å². The maximum absolute atomic E-state index is 12.8. The van der Waals surface area contributed by atoms with E-state index in [1.54, 1.807) is 6.07 Å². The Bertz CT molecular complexity index is 1050. The highest BCUT2D eigenvalue weighted by atomic mass is 32.2. The number of hydrogen-bond donors (Lipinski definition) is 1. The summed E-state index contributed by atoms with van der Waals surface area (Å²) in [6, 6.07) is 13.5. The monoisotopic (exact) mass is 371 g/mol. The summed E-state index contributed by atoms with van der Waals surface area (Å²) in [6.45, 7) is 2.21. The number of nitrogens with two attached hydrogens (primary N) is 1. The smallest absolute Gasteiger partial charge is 0.238 e. The van der Waals surface area contributed by atoms with E-state index >= 15 is 0 Å². The normalized spacial score (nSPS) is 11.8. The summed E-state index contributed by atoms with van der Waals surface area (Å²) in [5.41, 5.74) is 2.06. The van der Waals surface area contributed by atoms with Crippen molar-refractivity contribution in [2.45, 2.75) is 37.6 Å². The lowest BCUT2D eigenvalue weighted by Gasteiger charge is -2.09. The molecule has 0 aliphatic carbocycles. The van der Waals surface area contributed by atoms with E-state index in [-0.39, 0.29) is 17.2 Å². The fraction of sp³-hybridized carbons (Fsp3) is 0.263. The summed E-state index contributed by atoms with van der Waals surface area (Å²) in [6.07, 6.45) is 2.81. The lowest BCUT2D eigenvalue weighted by molar-refractivity contribution is 0.0972. The molecule has 0 saturated carbocycles. The topological polar surface area (TPSA) is 95.0 Å². The number of imidazole rings is 1. The summed E-state index contributed by atoms with van der Waals surface area (Å²) in [4.78, 5) is 17.4. The van der Waals surface area contributed by atoms with Gasteiger partial charge in [0.25, 0.3) is 0 Å². The molecule has 0 fully saturated rings. The van der Waals surface area contributed by atoms with E-state index < -0.39 is 10.0 Å². The number of para-hydroxylation sites is 2. The molecule has 26 heavy (non-hydrogen) atoms. The molecule has 3 aromatic rings. The molecule has 2 aromatic carbocycles. The van der Waals surface area contributed by atoms with Crippen molar-refractivity contribution in [1.82, 2.24) is 9.55 Å². The molecule has 1 aromatic heterocycles. The van der Waals surface area contributed by atoms with Crippen LogP contribution in [0.5, 0.6) is 0 Å². The lowest BCUT2D eigenvalue weighted by atomic mass is 10.1. The molecule has 1 heterocycles. The summed E-state index contributed by atoms with van der Waals surface area (Å²) in [5, 5.41) is 5.16. The molecule has 6 nitrogen and oxygen atoms in total. The molecular formula is C19H21N3O3S. The van der Waals surface area contributed by atoms with Crippen LogP contribution in [0, 0.1) is 0 Å². The SMILES string of the molecule is CCCCc1nc2ccccc2n1CC(=O)c1cccc(S(N)(=O)=O)c1. The quantitative estimate of drug-likeness (QED) is 0.646. The Hall–Kier alpha value is -2.51. The summed E-state index contributed by atoms with van der Waals surface area (Å²) >= 11 is 0. The minimum Gasteiger partial charge on any atom is -0.320 e. The largest absolute Gasteiger partial charge is 0.320 e. The van der Waals surface area contributed by atoms with Crippen LogP contribution in [-0.4, -0.2) is 23.8 Å². The molecule has 3 rings (SSSR count). The van der Waals surface area contributed by atoms with Gasteiger partial charge in [0, 0.05) is 12.0 Å². The van der Waals surface area contributed by atoms with Crippen LogP contribution >= 0.6 is 0 Å². The van der Waals surface area contributed by atoms with Crippen LogP contribution in [0.4, 0.5) is 0 Å². The molecular weight excluding hydrogens is 350 g/mol. The maximum atomic E-state index is 12.8. The molecule has 0 radical (unpaired) electrons. The van der Waals surface area contributed by atoms with E-state index in [4.69, 9.17) is 5.14 Å². The first kappa shape index (κ1) is 18.3. The Morgan fingerprint density at radius 3 is 2.65 bits per heavy atom. The van der Waals surface area contributed by atoms with E-state index in [1.165, 1.54) is 18.2 Å². The molecule has 0 amide bonds. The van der Waals surface area contributed by atoms with Crippen molar-refractivity contribution in [2.75, 3.05) is 0 Å². The van der Waals surface area contributed by atoms with Crippen LogP contribution in [0.3, 0.4) is 0 Å². The van der Waals surface area contributed by atoms with Gasteiger partial charge in [-0.1, -0.05) is 37.6 Å². The number of rotatable bonds is 7. The number of sulfonamides is 1. The predicted molar refractivity (Wildman–Crippen MR) is 100 cm³/mol. The Balaban J connectivity index is 1.97. The zero-order valence-corrected chi connectivity index (χ0v) is 15.4. The standard InChI is InChI=1S/C19H21N3O3S/c1-2-3-11-19-21-16-9-4-5-10-17(16)22(19)13-18(23)14-7-6-8-15(12-14)26(20,24)25/h4-10,12H,2-3,11,13H2,1H3,(H2,20,24,25). The zero-order chi connectivity index (χ0) is 18.7. The van der Waals surface area contributed by atoms with Crippen molar-refractivity contribution in [3.8, 4) is 0 Å². The third kappa shape index (κ3) is 3.84. The van der Waals surface area contributed by atoms with Crippen molar-refractivity contribution in [1.29, 1.82) is 0 Å². The second-order valence-corrected chi connectivity index (χ2v) is 7.76. The molecule has 0 spiro atoms. The zero-order valence-electron chi connectivity index (χ0n) is 14.6. The van der Waals surface area contributed by atoms with Gasteiger partial charge in [0.05, 0.1) is 22.5 Å². The first-order chi connectivity index (χ1) is 12.4. The average Bonchev–Trinajstić information content (AvgIpc) is 2.97. The summed E-state index contributed by atoms with van der Waals surface area (Å²) < 4.78 is 25.0. The number of carbonyl (C=O) groups is 1. The van der Waals surface area contributed by atoms with Crippen LogP contribution in [-0.2, 0) is 23.0 Å². The Morgan fingerprint density at radius 1 is 1.15 bits per heavy atom. The molecule has 0 aliphatic heterocycles. The van der Waals surface area contributed by atoms with E-state index in [9.17, 15) is 13.2 Å². The minimum absolute atomic E-state index is 0.0648. The number of benzene rings is 2. The summed E-state index contributed by atoms with van der Waals surface area (Å²) in [5.74, 6) is 0.681. The van der Waals surface area contributed by atoms with Crippen LogP contribution in [0.25, 0.3) is 11.0 Å². The van der Waals surface area contributed by atoms with Crippen molar-refractivity contribution in [3.63, 3.8) is 0 Å². The number of unbranched alkanes of at least 4 members (excludes halogenated alkanes) is 1. The number of aromatic nitrogens is 2. The third-order valence-electron chi connectivity index (χ3n) is 4.27. The highest BCUT2D eigenvalue weighted by Crippen LogP contribution is 2.19.